The maximum absolute atomic E-state index is 11.6. The van der Waals surface area contributed by atoms with Crippen molar-refractivity contribution in [2.75, 3.05) is 7.11 Å². The van der Waals surface area contributed by atoms with E-state index < -0.39 is 12.1 Å². The summed E-state index contributed by atoms with van der Waals surface area (Å²) >= 11 is 0. The molecule has 5 nitrogen and oxygen atoms in total. The number of hydrogen-bond donors (Lipinski definition) is 1. The average Bonchev–Trinajstić information content (AvgIpc) is 2.70. The maximum Gasteiger partial charge on any atom is 0.345 e. The van der Waals surface area contributed by atoms with Crippen molar-refractivity contribution in [3.63, 3.8) is 0 Å². The Morgan fingerprint density at radius 3 is 2.07 bits per heavy atom. The van der Waals surface area contributed by atoms with Gasteiger partial charge in [0.05, 0.1) is 7.11 Å². The molecule has 0 heterocycles. The summed E-state index contributed by atoms with van der Waals surface area (Å²) in [6, 6.07) is 23.7. The fraction of sp³-hybridized carbons (Fsp3) is 0.136. The van der Waals surface area contributed by atoms with Gasteiger partial charge in [-0.2, -0.15) is 0 Å². The number of aliphatic carboxylic acids is 1. The minimum Gasteiger partial charge on any atom is -0.493 e. The molecule has 0 fully saturated rings. The van der Waals surface area contributed by atoms with E-state index >= 15 is 0 Å². The van der Waals surface area contributed by atoms with Crippen molar-refractivity contribution in [2.24, 2.45) is 0 Å². The first kappa shape index (κ1) is 18.3. The number of carboxylic acid groups (broad SMARTS) is 1. The number of rotatable bonds is 8. The summed E-state index contributed by atoms with van der Waals surface area (Å²) in [6.45, 7) is 0. The zero-order valence-corrected chi connectivity index (χ0v) is 14.9. The van der Waals surface area contributed by atoms with E-state index in [4.69, 9.17) is 14.2 Å². The van der Waals surface area contributed by atoms with Crippen LogP contribution in [0.2, 0.25) is 0 Å². The first-order valence-corrected chi connectivity index (χ1v) is 8.50. The lowest BCUT2D eigenvalue weighted by atomic mass is 10.1. The lowest BCUT2D eigenvalue weighted by Crippen LogP contribution is -2.29. The molecule has 0 amide bonds. The van der Waals surface area contributed by atoms with Gasteiger partial charge in [0.1, 0.15) is 11.5 Å². The molecule has 0 unspecified atom stereocenters. The highest BCUT2D eigenvalue weighted by atomic mass is 16.5. The molecule has 27 heavy (non-hydrogen) atoms. The number of carboxylic acids is 1. The number of para-hydroxylation sites is 3. The van der Waals surface area contributed by atoms with Gasteiger partial charge in [-0.25, -0.2) is 4.79 Å². The molecule has 3 aromatic carbocycles. The predicted octanol–water partition coefficient (Wildman–Crippen LogP) is 4.56. The number of ether oxygens (including phenoxy) is 3. The van der Waals surface area contributed by atoms with E-state index in [1.54, 1.807) is 24.3 Å². The quantitative estimate of drug-likeness (QED) is 0.635. The predicted molar refractivity (Wildman–Crippen MR) is 102 cm³/mol. The monoisotopic (exact) mass is 364 g/mol. The van der Waals surface area contributed by atoms with Crippen molar-refractivity contribution in [1.29, 1.82) is 0 Å². The van der Waals surface area contributed by atoms with Gasteiger partial charge in [0.2, 0.25) is 0 Å². The van der Waals surface area contributed by atoms with Crippen LogP contribution in [0.5, 0.6) is 23.0 Å². The fourth-order valence-electron chi connectivity index (χ4n) is 2.58. The number of hydrogen-bond acceptors (Lipinski definition) is 4. The molecular formula is C22H20O5. The SMILES string of the molecule is COc1ccccc1O[C@@H](Cc1ccc(Oc2ccccc2)cc1)C(=O)O. The highest BCUT2D eigenvalue weighted by Crippen LogP contribution is 2.28. The number of methoxy groups -OCH3 is 1. The van der Waals surface area contributed by atoms with Crippen LogP contribution < -0.4 is 14.2 Å². The molecule has 5 heteroatoms. The van der Waals surface area contributed by atoms with Gasteiger partial charge in [-0.05, 0) is 42.0 Å². The third-order valence-electron chi connectivity index (χ3n) is 3.94. The molecule has 0 bridgehead atoms. The highest BCUT2D eigenvalue weighted by Gasteiger charge is 2.21. The summed E-state index contributed by atoms with van der Waals surface area (Å²) in [6.07, 6.45) is -0.805. The van der Waals surface area contributed by atoms with Gasteiger partial charge in [-0.3, -0.25) is 0 Å². The Kier molecular flexibility index (Phi) is 5.94. The molecule has 3 rings (SSSR count). The molecule has 0 aliphatic rings. The second kappa shape index (κ2) is 8.76. The maximum atomic E-state index is 11.6. The Bertz CT molecular complexity index is 875. The van der Waals surface area contributed by atoms with E-state index in [-0.39, 0.29) is 6.42 Å². The van der Waals surface area contributed by atoms with E-state index in [9.17, 15) is 9.90 Å². The summed E-state index contributed by atoms with van der Waals surface area (Å²) in [4.78, 5) is 11.6. The van der Waals surface area contributed by atoms with Crippen LogP contribution in [0.4, 0.5) is 0 Å². The van der Waals surface area contributed by atoms with Crippen molar-refractivity contribution in [2.45, 2.75) is 12.5 Å². The summed E-state index contributed by atoms with van der Waals surface area (Å²) in [7, 11) is 1.52. The Morgan fingerprint density at radius 2 is 1.44 bits per heavy atom. The van der Waals surface area contributed by atoms with Crippen LogP contribution in [0.3, 0.4) is 0 Å². The summed E-state index contributed by atoms with van der Waals surface area (Å²) in [5, 5.41) is 9.52. The average molecular weight is 364 g/mol. The molecule has 0 aliphatic heterocycles. The van der Waals surface area contributed by atoms with Crippen molar-refractivity contribution in [3.8, 4) is 23.0 Å². The topological polar surface area (TPSA) is 65.0 Å². The Morgan fingerprint density at radius 1 is 0.852 bits per heavy atom. The van der Waals surface area contributed by atoms with Crippen LogP contribution in [-0.2, 0) is 11.2 Å². The van der Waals surface area contributed by atoms with Gasteiger partial charge < -0.3 is 19.3 Å². The molecule has 1 atom stereocenters. The van der Waals surface area contributed by atoms with Crippen molar-refractivity contribution in [3.05, 3.63) is 84.4 Å². The van der Waals surface area contributed by atoms with Gasteiger partial charge in [-0.15, -0.1) is 0 Å². The summed E-state index contributed by atoms with van der Waals surface area (Å²) in [5.74, 6) is 1.29. The summed E-state index contributed by atoms with van der Waals surface area (Å²) in [5.41, 5.74) is 0.831. The van der Waals surface area contributed by atoms with Gasteiger partial charge in [0.25, 0.3) is 0 Å². The second-order valence-corrected chi connectivity index (χ2v) is 5.86. The van der Waals surface area contributed by atoms with Crippen molar-refractivity contribution in [1.82, 2.24) is 0 Å². The van der Waals surface area contributed by atoms with Crippen LogP contribution in [0, 0.1) is 0 Å². The van der Waals surface area contributed by atoms with Crippen LogP contribution in [0.25, 0.3) is 0 Å². The lowest BCUT2D eigenvalue weighted by molar-refractivity contribution is -0.145. The molecule has 0 saturated heterocycles. The van der Waals surface area contributed by atoms with E-state index in [2.05, 4.69) is 0 Å². The highest BCUT2D eigenvalue weighted by molar-refractivity contribution is 5.73. The second-order valence-electron chi connectivity index (χ2n) is 5.86. The fourth-order valence-corrected chi connectivity index (χ4v) is 2.58. The van der Waals surface area contributed by atoms with Crippen LogP contribution in [0.15, 0.2) is 78.9 Å². The third-order valence-corrected chi connectivity index (χ3v) is 3.94. The van der Waals surface area contributed by atoms with Gasteiger partial charge >= 0.3 is 5.97 Å². The van der Waals surface area contributed by atoms with Crippen molar-refractivity contribution < 1.29 is 24.1 Å². The van der Waals surface area contributed by atoms with E-state index in [1.807, 2.05) is 54.6 Å². The first-order chi connectivity index (χ1) is 13.2. The smallest absolute Gasteiger partial charge is 0.345 e. The van der Waals surface area contributed by atoms with Crippen LogP contribution in [-0.4, -0.2) is 24.3 Å². The zero-order chi connectivity index (χ0) is 19.1. The minimum absolute atomic E-state index is 0.221. The number of carbonyl (C=O) groups is 1. The van der Waals surface area contributed by atoms with E-state index in [1.165, 1.54) is 7.11 Å². The normalized spacial score (nSPS) is 11.4. The molecule has 1 N–H and O–H groups in total. The molecular weight excluding hydrogens is 344 g/mol. The van der Waals surface area contributed by atoms with Crippen LogP contribution >= 0.6 is 0 Å². The Balaban J connectivity index is 1.68. The third kappa shape index (κ3) is 5.01. The zero-order valence-electron chi connectivity index (χ0n) is 14.9. The van der Waals surface area contributed by atoms with Gasteiger partial charge in [0, 0.05) is 6.42 Å². The molecule has 0 aliphatic carbocycles. The van der Waals surface area contributed by atoms with Crippen molar-refractivity contribution >= 4 is 5.97 Å². The minimum atomic E-state index is -1.04. The molecule has 3 aromatic rings. The molecule has 0 aromatic heterocycles. The van der Waals surface area contributed by atoms with Gasteiger partial charge in [-0.1, -0.05) is 42.5 Å². The Hall–Kier alpha value is -3.47. The first-order valence-electron chi connectivity index (χ1n) is 8.50. The molecule has 0 radical (unpaired) electrons. The van der Waals surface area contributed by atoms with E-state index in [0.29, 0.717) is 17.2 Å². The van der Waals surface area contributed by atoms with Crippen LogP contribution in [0.1, 0.15) is 5.56 Å². The molecule has 138 valence electrons. The lowest BCUT2D eigenvalue weighted by Gasteiger charge is -2.17. The Labute approximate surface area is 157 Å². The summed E-state index contributed by atoms with van der Waals surface area (Å²) < 4.78 is 16.6. The molecule has 0 saturated carbocycles. The number of benzene rings is 3. The van der Waals surface area contributed by atoms with Gasteiger partial charge in [0.15, 0.2) is 17.6 Å². The standard InChI is InChI=1S/C22H20O5/c1-25-19-9-5-6-10-20(19)27-21(22(23)24)15-16-11-13-18(14-12-16)26-17-7-3-2-4-8-17/h2-14,21H,15H2,1H3,(H,23,24)/t21-/m0/s1. The largest absolute Gasteiger partial charge is 0.493 e. The molecule has 0 spiro atoms. The van der Waals surface area contributed by atoms with E-state index in [0.717, 1.165) is 11.3 Å².